The standard InChI is InChI=1S/C14H18FNO/c1-4-10-12(8-16-5-2)17-14-11(15)7-6-9(3)13(10)14/h6-7,16H,4-5,8H2,1-3H3. The maximum atomic E-state index is 13.7. The molecule has 0 saturated heterocycles. The van der Waals surface area contributed by atoms with Gasteiger partial charge in [-0.05, 0) is 31.5 Å². The molecule has 3 heteroatoms. The van der Waals surface area contributed by atoms with Crippen LogP contribution in [0.5, 0.6) is 0 Å². The molecule has 1 aromatic heterocycles. The summed E-state index contributed by atoms with van der Waals surface area (Å²) in [7, 11) is 0. The van der Waals surface area contributed by atoms with Crippen molar-refractivity contribution < 1.29 is 8.81 Å². The van der Waals surface area contributed by atoms with Gasteiger partial charge in [0.15, 0.2) is 11.4 Å². The Labute approximate surface area is 101 Å². The largest absolute Gasteiger partial charge is 0.456 e. The molecule has 0 aliphatic carbocycles. The van der Waals surface area contributed by atoms with Crippen molar-refractivity contribution in [3.05, 3.63) is 34.8 Å². The van der Waals surface area contributed by atoms with Crippen molar-refractivity contribution in [2.24, 2.45) is 0 Å². The first-order valence-electron chi connectivity index (χ1n) is 6.09. The summed E-state index contributed by atoms with van der Waals surface area (Å²) >= 11 is 0. The summed E-state index contributed by atoms with van der Waals surface area (Å²) in [6, 6.07) is 3.28. The summed E-state index contributed by atoms with van der Waals surface area (Å²) < 4.78 is 19.4. The van der Waals surface area contributed by atoms with Crippen molar-refractivity contribution in [3.8, 4) is 0 Å². The number of nitrogens with one attached hydrogen (secondary N) is 1. The molecule has 17 heavy (non-hydrogen) atoms. The topological polar surface area (TPSA) is 25.2 Å². The molecular weight excluding hydrogens is 217 g/mol. The molecule has 2 nitrogen and oxygen atoms in total. The normalized spacial score (nSPS) is 11.3. The molecule has 0 unspecified atom stereocenters. The fourth-order valence-electron chi connectivity index (χ4n) is 2.21. The Kier molecular flexibility index (Phi) is 3.48. The predicted octanol–water partition coefficient (Wildman–Crippen LogP) is 3.55. The monoisotopic (exact) mass is 235 g/mol. The van der Waals surface area contributed by atoms with Gasteiger partial charge in [0.25, 0.3) is 0 Å². The van der Waals surface area contributed by atoms with Crippen molar-refractivity contribution in [1.29, 1.82) is 0 Å². The van der Waals surface area contributed by atoms with Gasteiger partial charge in [-0.25, -0.2) is 4.39 Å². The molecule has 2 rings (SSSR count). The maximum Gasteiger partial charge on any atom is 0.170 e. The van der Waals surface area contributed by atoms with E-state index in [1.54, 1.807) is 0 Å². The van der Waals surface area contributed by atoms with Gasteiger partial charge >= 0.3 is 0 Å². The molecule has 1 aromatic carbocycles. The van der Waals surface area contributed by atoms with E-state index in [0.717, 1.165) is 35.2 Å². The fraction of sp³-hybridized carbons (Fsp3) is 0.429. The highest BCUT2D eigenvalue weighted by Crippen LogP contribution is 2.31. The summed E-state index contributed by atoms with van der Waals surface area (Å²) in [5.74, 6) is 0.584. The second kappa shape index (κ2) is 4.88. The van der Waals surface area contributed by atoms with Gasteiger partial charge in [-0.1, -0.05) is 19.9 Å². The van der Waals surface area contributed by atoms with Crippen molar-refractivity contribution in [1.82, 2.24) is 5.32 Å². The zero-order valence-corrected chi connectivity index (χ0v) is 10.6. The molecule has 0 spiro atoms. The van der Waals surface area contributed by atoms with Gasteiger partial charge in [0, 0.05) is 10.9 Å². The van der Waals surface area contributed by atoms with E-state index in [0.29, 0.717) is 12.1 Å². The highest BCUT2D eigenvalue weighted by molar-refractivity contribution is 5.86. The molecule has 0 atom stereocenters. The molecule has 92 valence electrons. The van der Waals surface area contributed by atoms with Crippen LogP contribution < -0.4 is 5.32 Å². The average molecular weight is 235 g/mol. The minimum absolute atomic E-state index is 0.275. The number of halogens is 1. The maximum absolute atomic E-state index is 13.7. The zero-order valence-electron chi connectivity index (χ0n) is 10.6. The number of aryl methyl sites for hydroxylation is 2. The lowest BCUT2D eigenvalue weighted by Gasteiger charge is -2.01. The minimum Gasteiger partial charge on any atom is -0.456 e. The zero-order chi connectivity index (χ0) is 12.4. The van der Waals surface area contributed by atoms with Gasteiger partial charge in [-0.3, -0.25) is 0 Å². The third kappa shape index (κ3) is 2.07. The summed E-state index contributed by atoms with van der Waals surface area (Å²) in [5.41, 5.74) is 2.59. The van der Waals surface area contributed by atoms with Crippen molar-refractivity contribution >= 4 is 11.0 Å². The highest BCUT2D eigenvalue weighted by Gasteiger charge is 2.16. The number of hydrogen-bond donors (Lipinski definition) is 1. The Morgan fingerprint density at radius 1 is 1.29 bits per heavy atom. The molecule has 0 aliphatic heterocycles. The van der Waals surface area contributed by atoms with Crippen LogP contribution in [0, 0.1) is 12.7 Å². The summed E-state index contributed by atoms with van der Waals surface area (Å²) in [6.07, 6.45) is 0.859. The van der Waals surface area contributed by atoms with Crippen LogP contribution in [0.15, 0.2) is 16.5 Å². The van der Waals surface area contributed by atoms with Gasteiger partial charge in [-0.2, -0.15) is 0 Å². The Morgan fingerprint density at radius 3 is 2.71 bits per heavy atom. The van der Waals surface area contributed by atoms with E-state index in [2.05, 4.69) is 12.2 Å². The van der Waals surface area contributed by atoms with Crippen LogP contribution in [0.2, 0.25) is 0 Å². The van der Waals surface area contributed by atoms with Gasteiger partial charge < -0.3 is 9.73 Å². The third-order valence-corrected chi connectivity index (χ3v) is 3.07. The fourth-order valence-corrected chi connectivity index (χ4v) is 2.21. The number of furan rings is 1. The molecule has 2 aromatic rings. The SMILES string of the molecule is CCNCc1oc2c(F)ccc(C)c2c1CC. The molecule has 0 radical (unpaired) electrons. The second-order valence-corrected chi connectivity index (χ2v) is 4.21. The Hall–Kier alpha value is -1.35. The number of rotatable bonds is 4. The molecule has 1 N–H and O–H groups in total. The van der Waals surface area contributed by atoms with E-state index < -0.39 is 0 Å². The number of benzene rings is 1. The third-order valence-electron chi connectivity index (χ3n) is 3.07. The highest BCUT2D eigenvalue weighted by atomic mass is 19.1. The van der Waals surface area contributed by atoms with Crippen LogP contribution in [0.3, 0.4) is 0 Å². The lowest BCUT2D eigenvalue weighted by Crippen LogP contribution is -2.12. The van der Waals surface area contributed by atoms with E-state index in [1.807, 2.05) is 19.9 Å². The van der Waals surface area contributed by atoms with Gasteiger partial charge in [0.1, 0.15) is 5.76 Å². The van der Waals surface area contributed by atoms with Crippen LogP contribution in [0.4, 0.5) is 4.39 Å². The summed E-state index contributed by atoms with van der Waals surface area (Å²) in [5, 5.41) is 4.17. The average Bonchev–Trinajstić information content (AvgIpc) is 2.71. The lowest BCUT2D eigenvalue weighted by atomic mass is 10.0. The second-order valence-electron chi connectivity index (χ2n) is 4.21. The van der Waals surface area contributed by atoms with E-state index in [9.17, 15) is 4.39 Å². The van der Waals surface area contributed by atoms with Crippen LogP contribution >= 0.6 is 0 Å². The summed E-state index contributed by atoms with van der Waals surface area (Å²) in [6.45, 7) is 7.65. The Bertz CT molecular complexity index is 530. The van der Waals surface area contributed by atoms with Crippen molar-refractivity contribution in [2.45, 2.75) is 33.7 Å². The van der Waals surface area contributed by atoms with E-state index >= 15 is 0 Å². The van der Waals surface area contributed by atoms with Crippen LogP contribution in [-0.2, 0) is 13.0 Å². The lowest BCUT2D eigenvalue weighted by molar-refractivity contribution is 0.495. The van der Waals surface area contributed by atoms with E-state index in [1.165, 1.54) is 6.07 Å². The molecule has 0 saturated carbocycles. The van der Waals surface area contributed by atoms with E-state index in [-0.39, 0.29) is 5.82 Å². The molecule has 0 aliphatic rings. The first-order chi connectivity index (χ1) is 8.19. The van der Waals surface area contributed by atoms with Crippen LogP contribution in [0.1, 0.15) is 30.7 Å². The smallest absolute Gasteiger partial charge is 0.170 e. The minimum atomic E-state index is -0.275. The first-order valence-corrected chi connectivity index (χ1v) is 6.09. The molecule has 0 bridgehead atoms. The molecular formula is C14H18FNO. The van der Waals surface area contributed by atoms with Crippen LogP contribution in [-0.4, -0.2) is 6.54 Å². The van der Waals surface area contributed by atoms with E-state index in [4.69, 9.17) is 4.42 Å². The van der Waals surface area contributed by atoms with Gasteiger partial charge in [0.2, 0.25) is 0 Å². The quantitative estimate of drug-likeness (QED) is 0.876. The van der Waals surface area contributed by atoms with Crippen LogP contribution in [0.25, 0.3) is 11.0 Å². The number of fused-ring (bicyclic) bond motifs is 1. The first kappa shape index (κ1) is 12.1. The molecule has 1 heterocycles. The molecule has 0 amide bonds. The Morgan fingerprint density at radius 2 is 2.06 bits per heavy atom. The van der Waals surface area contributed by atoms with Crippen molar-refractivity contribution in [2.75, 3.05) is 6.54 Å². The predicted molar refractivity (Wildman–Crippen MR) is 67.7 cm³/mol. The van der Waals surface area contributed by atoms with Crippen molar-refractivity contribution in [3.63, 3.8) is 0 Å². The summed E-state index contributed by atoms with van der Waals surface area (Å²) in [4.78, 5) is 0. The van der Waals surface area contributed by atoms with Gasteiger partial charge in [0.05, 0.1) is 6.54 Å². The van der Waals surface area contributed by atoms with Gasteiger partial charge in [-0.15, -0.1) is 0 Å². The molecule has 0 fully saturated rings. The Balaban J connectivity index is 2.62. The number of hydrogen-bond acceptors (Lipinski definition) is 2.